The van der Waals surface area contributed by atoms with Crippen molar-refractivity contribution in [1.29, 1.82) is 0 Å². The highest BCUT2D eigenvalue weighted by Crippen LogP contribution is 2.25. The number of carbonyl (C=O) groups excluding carboxylic acids is 1. The van der Waals surface area contributed by atoms with Crippen LogP contribution in [0.3, 0.4) is 0 Å². The Kier molecular flexibility index (Phi) is 5.21. The Morgan fingerprint density at radius 2 is 1.88 bits per heavy atom. The average Bonchev–Trinajstić information content (AvgIpc) is 3.01. The summed E-state index contributed by atoms with van der Waals surface area (Å²) in [4.78, 5) is 18.0. The van der Waals surface area contributed by atoms with Crippen molar-refractivity contribution in [2.75, 3.05) is 42.9 Å². The van der Waals surface area contributed by atoms with Gasteiger partial charge in [-0.05, 0) is 61.2 Å². The van der Waals surface area contributed by atoms with Gasteiger partial charge in [-0.1, -0.05) is 6.92 Å². The van der Waals surface area contributed by atoms with Gasteiger partial charge in [0.1, 0.15) is 0 Å². The number of rotatable bonds is 4. The molecule has 1 aliphatic rings. The van der Waals surface area contributed by atoms with Crippen LogP contribution in [0.15, 0.2) is 29.6 Å². The molecule has 4 nitrogen and oxygen atoms in total. The standard InChI is InChI=1S/C19H25N3OS/c1-4-21-8-10-22(11-9-21)17-6-5-16(13-15(17)3)20-19(23)18-14(2)7-12-24-18/h5-7,12-13H,4,8-11H2,1-3H3,(H,20,23). The van der Waals surface area contributed by atoms with Crippen molar-refractivity contribution >= 4 is 28.6 Å². The number of thiophene rings is 1. The zero-order chi connectivity index (χ0) is 17.1. The topological polar surface area (TPSA) is 35.6 Å². The smallest absolute Gasteiger partial charge is 0.265 e. The summed E-state index contributed by atoms with van der Waals surface area (Å²) >= 11 is 1.48. The molecule has 128 valence electrons. The second-order valence-corrected chi connectivity index (χ2v) is 7.23. The Morgan fingerprint density at radius 3 is 2.46 bits per heavy atom. The Hall–Kier alpha value is -1.85. The maximum Gasteiger partial charge on any atom is 0.265 e. The molecule has 0 bridgehead atoms. The van der Waals surface area contributed by atoms with Gasteiger partial charge in [-0.25, -0.2) is 0 Å². The molecule has 1 aromatic heterocycles. The third kappa shape index (κ3) is 3.62. The molecule has 1 aromatic carbocycles. The number of anilines is 2. The van der Waals surface area contributed by atoms with E-state index < -0.39 is 0 Å². The van der Waals surface area contributed by atoms with E-state index in [9.17, 15) is 4.79 Å². The maximum atomic E-state index is 12.3. The van der Waals surface area contributed by atoms with Crippen LogP contribution in [0.1, 0.15) is 27.7 Å². The molecule has 1 saturated heterocycles. The van der Waals surface area contributed by atoms with Gasteiger partial charge in [-0.2, -0.15) is 0 Å². The Balaban J connectivity index is 1.69. The van der Waals surface area contributed by atoms with Gasteiger partial charge in [0.15, 0.2) is 0 Å². The first kappa shape index (κ1) is 17.0. The van der Waals surface area contributed by atoms with Crippen molar-refractivity contribution in [3.05, 3.63) is 45.6 Å². The summed E-state index contributed by atoms with van der Waals surface area (Å²) in [6, 6.07) is 8.19. The van der Waals surface area contributed by atoms with Crippen molar-refractivity contribution in [3.63, 3.8) is 0 Å². The van der Waals surface area contributed by atoms with Crippen LogP contribution in [0.25, 0.3) is 0 Å². The predicted octanol–water partition coefficient (Wildman–Crippen LogP) is 3.76. The SMILES string of the molecule is CCN1CCN(c2ccc(NC(=O)c3sccc3C)cc2C)CC1. The molecule has 0 saturated carbocycles. The van der Waals surface area contributed by atoms with Crippen LogP contribution >= 0.6 is 11.3 Å². The van der Waals surface area contributed by atoms with E-state index in [0.717, 1.165) is 48.9 Å². The van der Waals surface area contributed by atoms with Crippen molar-refractivity contribution < 1.29 is 4.79 Å². The lowest BCUT2D eigenvalue weighted by Crippen LogP contribution is -2.46. The van der Waals surface area contributed by atoms with E-state index in [2.05, 4.69) is 41.1 Å². The lowest BCUT2D eigenvalue weighted by molar-refractivity contribution is 0.103. The molecule has 5 heteroatoms. The number of nitrogens with zero attached hydrogens (tertiary/aromatic N) is 2. The summed E-state index contributed by atoms with van der Waals surface area (Å²) in [5, 5.41) is 4.97. The van der Waals surface area contributed by atoms with E-state index in [1.165, 1.54) is 22.6 Å². The molecule has 1 aliphatic heterocycles. The molecule has 0 aliphatic carbocycles. The third-order valence-electron chi connectivity index (χ3n) is 4.68. The summed E-state index contributed by atoms with van der Waals surface area (Å²) in [7, 11) is 0. The largest absolute Gasteiger partial charge is 0.369 e. The van der Waals surface area contributed by atoms with Gasteiger partial charge in [0, 0.05) is 37.6 Å². The van der Waals surface area contributed by atoms with Crippen LogP contribution in [-0.2, 0) is 0 Å². The van der Waals surface area contributed by atoms with E-state index in [1.54, 1.807) is 0 Å². The summed E-state index contributed by atoms with van der Waals surface area (Å²) in [5.41, 5.74) is 4.37. The van der Waals surface area contributed by atoms with Crippen molar-refractivity contribution in [1.82, 2.24) is 4.90 Å². The highest BCUT2D eigenvalue weighted by molar-refractivity contribution is 7.12. The summed E-state index contributed by atoms with van der Waals surface area (Å²) < 4.78 is 0. The molecule has 2 heterocycles. The van der Waals surface area contributed by atoms with E-state index in [-0.39, 0.29) is 5.91 Å². The number of hydrogen-bond donors (Lipinski definition) is 1. The number of hydrogen-bond acceptors (Lipinski definition) is 4. The fourth-order valence-corrected chi connectivity index (χ4v) is 4.01. The van der Waals surface area contributed by atoms with Gasteiger partial charge in [0.2, 0.25) is 0 Å². The van der Waals surface area contributed by atoms with Crippen LogP contribution in [0.2, 0.25) is 0 Å². The van der Waals surface area contributed by atoms with Gasteiger partial charge < -0.3 is 15.1 Å². The van der Waals surface area contributed by atoms with Gasteiger partial charge >= 0.3 is 0 Å². The van der Waals surface area contributed by atoms with E-state index >= 15 is 0 Å². The lowest BCUT2D eigenvalue weighted by Gasteiger charge is -2.36. The number of nitrogens with one attached hydrogen (secondary N) is 1. The van der Waals surface area contributed by atoms with Crippen LogP contribution in [0.4, 0.5) is 11.4 Å². The number of aryl methyl sites for hydroxylation is 2. The molecule has 1 amide bonds. The molecule has 0 atom stereocenters. The Labute approximate surface area is 148 Å². The molecule has 1 N–H and O–H groups in total. The molecule has 24 heavy (non-hydrogen) atoms. The minimum atomic E-state index is -0.0220. The first-order valence-electron chi connectivity index (χ1n) is 8.52. The summed E-state index contributed by atoms with van der Waals surface area (Å²) in [6.45, 7) is 11.8. The minimum absolute atomic E-state index is 0.0220. The maximum absolute atomic E-state index is 12.3. The summed E-state index contributed by atoms with van der Waals surface area (Å²) in [5.74, 6) is -0.0220. The fraction of sp³-hybridized carbons (Fsp3) is 0.421. The highest BCUT2D eigenvalue weighted by Gasteiger charge is 2.18. The molecule has 0 spiro atoms. The molecule has 0 unspecified atom stereocenters. The number of likely N-dealkylation sites (N-methyl/N-ethyl adjacent to an activating group) is 1. The van der Waals surface area contributed by atoms with E-state index in [4.69, 9.17) is 0 Å². The van der Waals surface area contributed by atoms with Gasteiger partial charge in [-0.3, -0.25) is 4.79 Å². The molecule has 2 aromatic rings. The molecular formula is C19H25N3OS. The van der Waals surface area contributed by atoms with Crippen LogP contribution in [0, 0.1) is 13.8 Å². The van der Waals surface area contributed by atoms with Crippen molar-refractivity contribution in [3.8, 4) is 0 Å². The van der Waals surface area contributed by atoms with Crippen LogP contribution < -0.4 is 10.2 Å². The Morgan fingerprint density at radius 1 is 1.12 bits per heavy atom. The normalized spacial score (nSPS) is 15.5. The number of carbonyl (C=O) groups is 1. The third-order valence-corrected chi connectivity index (χ3v) is 5.70. The first-order valence-corrected chi connectivity index (χ1v) is 9.40. The minimum Gasteiger partial charge on any atom is -0.369 e. The lowest BCUT2D eigenvalue weighted by atomic mass is 10.1. The molecule has 1 fully saturated rings. The average molecular weight is 343 g/mol. The molecular weight excluding hydrogens is 318 g/mol. The monoisotopic (exact) mass is 343 g/mol. The molecule has 3 rings (SSSR count). The number of benzene rings is 1. The summed E-state index contributed by atoms with van der Waals surface area (Å²) in [6.07, 6.45) is 0. The first-order chi connectivity index (χ1) is 11.6. The quantitative estimate of drug-likeness (QED) is 0.918. The number of amides is 1. The Bertz CT molecular complexity index is 717. The van der Waals surface area contributed by atoms with Gasteiger partial charge in [-0.15, -0.1) is 11.3 Å². The van der Waals surface area contributed by atoms with E-state index in [0.29, 0.717) is 0 Å². The second kappa shape index (κ2) is 7.36. The van der Waals surface area contributed by atoms with Gasteiger partial charge in [0.05, 0.1) is 4.88 Å². The molecule has 0 radical (unpaired) electrons. The van der Waals surface area contributed by atoms with Crippen molar-refractivity contribution in [2.24, 2.45) is 0 Å². The second-order valence-electron chi connectivity index (χ2n) is 6.31. The zero-order valence-corrected chi connectivity index (χ0v) is 15.4. The highest BCUT2D eigenvalue weighted by atomic mass is 32.1. The number of piperazine rings is 1. The zero-order valence-electron chi connectivity index (χ0n) is 14.6. The van der Waals surface area contributed by atoms with Gasteiger partial charge in [0.25, 0.3) is 5.91 Å². The predicted molar refractivity (Wildman–Crippen MR) is 103 cm³/mol. The van der Waals surface area contributed by atoms with Crippen LogP contribution in [-0.4, -0.2) is 43.5 Å². The van der Waals surface area contributed by atoms with Crippen molar-refractivity contribution in [2.45, 2.75) is 20.8 Å². The fourth-order valence-electron chi connectivity index (χ4n) is 3.19. The van der Waals surface area contributed by atoms with Crippen LogP contribution in [0.5, 0.6) is 0 Å². The van der Waals surface area contributed by atoms with E-state index in [1.807, 2.05) is 24.4 Å².